The summed E-state index contributed by atoms with van der Waals surface area (Å²) in [5, 5.41) is 0. The van der Waals surface area contributed by atoms with Crippen LogP contribution in [0.1, 0.15) is 45.6 Å². The first kappa shape index (κ1) is 14.9. The van der Waals surface area contributed by atoms with Crippen molar-refractivity contribution in [1.29, 1.82) is 0 Å². The van der Waals surface area contributed by atoms with E-state index in [1.54, 1.807) is 12.0 Å². The molecule has 1 fully saturated rings. The van der Waals surface area contributed by atoms with E-state index < -0.39 is 0 Å². The van der Waals surface area contributed by atoms with Crippen molar-refractivity contribution in [3.63, 3.8) is 0 Å². The van der Waals surface area contributed by atoms with E-state index in [4.69, 9.17) is 4.18 Å². The molecule has 2 unspecified atom stereocenters. The van der Waals surface area contributed by atoms with Crippen molar-refractivity contribution < 1.29 is 4.18 Å². The van der Waals surface area contributed by atoms with E-state index in [1.807, 2.05) is 0 Å². The molecule has 1 nitrogen and oxygen atoms in total. The molecule has 1 aromatic carbocycles. The maximum absolute atomic E-state index is 6.17. The van der Waals surface area contributed by atoms with E-state index in [2.05, 4.69) is 52.0 Å². The Kier molecular flexibility index (Phi) is 5.35. The van der Waals surface area contributed by atoms with Gasteiger partial charge >= 0.3 is 0 Å². The quantitative estimate of drug-likeness (QED) is 0.674. The Morgan fingerprint density at radius 2 is 1.84 bits per heavy atom. The van der Waals surface area contributed by atoms with Crippen LogP contribution < -0.4 is 0 Å². The standard InChI is InChI=1S/C17H26OS/c1-12(2)16-10-7-14(4)11-17(16)18-19-15-8-5-13(3)6-9-15/h5-6,8-9,12,14,16-17H,7,10-11H2,1-4H3/t14-,16?,17?/m1/s1. The lowest BCUT2D eigenvalue weighted by atomic mass is 9.75. The van der Waals surface area contributed by atoms with Crippen LogP contribution in [0.25, 0.3) is 0 Å². The summed E-state index contributed by atoms with van der Waals surface area (Å²) in [6, 6.07) is 8.59. The van der Waals surface area contributed by atoms with Crippen molar-refractivity contribution in [3.8, 4) is 0 Å². The van der Waals surface area contributed by atoms with Crippen LogP contribution in [-0.2, 0) is 4.18 Å². The Morgan fingerprint density at radius 1 is 1.16 bits per heavy atom. The summed E-state index contributed by atoms with van der Waals surface area (Å²) in [5.74, 6) is 2.24. The van der Waals surface area contributed by atoms with Crippen molar-refractivity contribution in [2.75, 3.05) is 0 Å². The molecule has 0 amide bonds. The topological polar surface area (TPSA) is 9.23 Å². The van der Waals surface area contributed by atoms with Crippen LogP contribution in [0.4, 0.5) is 0 Å². The number of hydrogen-bond acceptors (Lipinski definition) is 2. The van der Waals surface area contributed by atoms with Gasteiger partial charge in [-0.25, -0.2) is 0 Å². The third kappa shape index (κ3) is 4.25. The molecule has 0 aliphatic heterocycles. The van der Waals surface area contributed by atoms with Gasteiger partial charge in [0.05, 0.1) is 6.10 Å². The summed E-state index contributed by atoms with van der Waals surface area (Å²) < 4.78 is 6.17. The van der Waals surface area contributed by atoms with Gasteiger partial charge in [0.2, 0.25) is 0 Å². The summed E-state index contributed by atoms with van der Waals surface area (Å²) in [4.78, 5) is 1.21. The minimum Gasteiger partial charge on any atom is -0.307 e. The third-order valence-corrected chi connectivity index (χ3v) is 5.06. The normalized spacial score (nSPS) is 27.7. The van der Waals surface area contributed by atoms with Gasteiger partial charge in [0.1, 0.15) is 0 Å². The van der Waals surface area contributed by atoms with Crippen molar-refractivity contribution in [3.05, 3.63) is 29.8 Å². The summed E-state index contributed by atoms with van der Waals surface area (Å²) in [6.07, 6.45) is 4.30. The molecular weight excluding hydrogens is 252 g/mol. The highest BCUT2D eigenvalue weighted by Crippen LogP contribution is 2.38. The van der Waals surface area contributed by atoms with Gasteiger partial charge < -0.3 is 4.18 Å². The molecule has 2 rings (SSSR count). The minimum atomic E-state index is 0.412. The van der Waals surface area contributed by atoms with Gasteiger partial charge in [0.25, 0.3) is 0 Å². The number of hydrogen-bond donors (Lipinski definition) is 0. The Hall–Kier alpha value is -0.470. The first-order chi connectivity index (χ1) is 9.06. The number of rotatable bonds is 4. The lowest BCUT2D eigenvalue weighted by Crippen LogP contribution is -2.32. The van der Waals surface area contributed by atoms with Gasteiger partial charge in [-0.05, 0) is 49.7 Å². The second-order valence-electron chi connectivity index (χ2n) is 6.36. The zero-order valence-electron chi connectivity index (χ0n) is 12.6. The SMILES string of the molecule is Cc1ccc(SOC2C[C@H](C)CCC2C(C)C)cc1. The van der Waals surface area contributed by atoms with Crippen LogP contribution in [0.5, 0.6) is 0 Å². The second-order valence-corrected chi connectivity index (χ2v) is 7.19. The molecule has 0 spiro atoms. The van der Waals surface area contributed by atoms with Gasteiger partial charge in [-0.15, -0.1) is 0 Å². The van der Waals surface area contributed by atoms with Crippen molar-refractivity contribution >= 4 is 12.0 Å². The van der Waals surface area contributed by atoms with Crippen LogP contribution in [0, 0.1) is 24.7 Å². The summed E-state index contributed by atoms with van der Waals surface area (Å²) in [6.45, 7) is 9.12. The van der Waals surface area contributed by atoms with Crippen molar-refractivity contribution in [2.24, 2.45) is 17.8 Å². The Balaban J connectivity index is 1.93. The van der Waals surface area contributed by atoms with Crippen LogP contribution in [0.3, 0.4) is 0 Å². The number of benzene rings is 1. The van der Waals surface area contributed by atoms with Crippen LogP contribution in [0.2, 0.25) is 0 Å². The van der Waals surface area contributed by atoms with Gasteiger partial charge in [-0.2, -0.15) is 0 Å². The van der Waals surface area contributed by atoms with E-state index in [1.165, 1.54) is 29.7 Å². The highest BCUT2D eigenvalue weighted by Gasteiger charge is 2.31. The Labute approximate surface area is 122 Å². The maximum atomic E-state index is 6.17. The average Bonchev–Trinajstić information content (AvgIpc) is 2.38. The fourth-order valence-corrected chi connectivity index (χ4v) is 3.64. The molecule has 106 valence electrons. The fraction of sp³-hybridized carbons (Fsp3) is 0.647. The monoisotopic (exact) mass is 278 g/mol. The van der Waals surface area contributed by atoms with Crippen LogP contribution in [0.15, 0.2) is 29.2 Å². The molecule has 1 aromatic rings. The molecule has 3 atom stereocenters. The molecule has 0 N–H and O–H groups in total. The lowest BCUT2D eigenvalue weighted by Gasteiger charge is -2.36. The fourth-order valence-electron chi connectivity index (χ4n) is 2.94. The minimum absolute atomic E-state index is 0.412. The third-order valence-electron chi connectivity index (χ3n) is 4.25. The highest BCUT2D eigenvalue weighted by atomic mass is 32.2. The van der Waals surface area contributed by atoms with E-state index in [0.29, 0.717) is 12.0 Å². The maximum Gasteiger partial charge on any atom is 0.0760 e. The molecule has 0 radical (unpaired) electrons. The van der Waals surface area contributed by atoms with Gasteiger partial charge in [0.15, 0.2) is 0 Å². The van der Waals surface area contributed by atoms with Crippen LogP contribution >= 0.6 is 12.0 Å². The first-order valence-corrected chi connectivity index (χ1v) is 8.20. The highest BCUT2D eigenvalue weighted by molar-refractivity contribution is 7.94. The molecule has 1 aliphatic rings. The van der Waals surface area contributed by atoms with Gasteiger partial charge in [0, 0.05) is 16.9 Å². The summed E-state index contributed by atoms with van der Waals surface area (Å²) in [5.41, 5.74) is 1.30. The molecule has 1 saturated carbocycles. The summed E-state index contributed by atoms with van der Waals surface area (Å²) in [7, 11) is 0. The Morgan fingerprint density at radius 3 is 2.47 bits per heavy atom. The van der Waals surface area contributed by atoms with Gasteiger partial charge in [-0.3, -0.25) is 0 Å². The van der Waals surface area contributed by atoms with Crippen molar-refractivity contribution in [1.82, 2.24) is 0 Å². The largest absolute Gasteiger partial charge is 0.307 e. The molecule has 1 aliphatic carbocycles. The lowest BCUT2D eigenvalue weighted by molar-refractivity contribution is 0.0623. The zero-order valence-corrected chi connectivity index (χ0v) is 13.4. The number of aryl methyl sites for hydroxylation is 1. The smallest absolute Gasteiger partial charge is 0.0760 e. The zero-order chi connectivity index (χ0) is 13.8. The molecule has 0 heterocycles. The van der Waals surface area contributed by atoms with Gasteiger partial charge in [-0.1, -0.05) is 44.9 Å². The molecule has 0 aromatic heterocycles. The van der Waals surface area contributed by atoms with Crippen molar-refractivity contribution in [2.45, 2.75) is 58.0 Å². The molecule has 2 heteroatoms. The molecule has 0 saturated heterocycles. The molecular formula is C17H26OS. The predicted molar refractivity (Wildman–Crippen MR) is 83.3 cm³/mol. The van der Waals surface area contributed by atoms with E-state index >= 15 is 0 Å². The predicted octanol–water partition coefficient (Wildman–Crippen LogP) is 5.48. The van der Waals surface area contributed by atoms with E-state index in [9.17, 15) is 0 Å². The van der Waals surface area contributed by atoms with E-state index in [0.717, 1.165) is 11.8 Å². The first-order valence-electron chi connectivity index (χ1n) is 7.46. The average molecular weight is 278 g/mol. The Bertz CT molecular complexity index is 385. The molecule has 19 heavy (non-hydrogen) atoms. The van der Waals surface area contributed by atoms with Crippen LogP contribution in [-0.4, -0.2) is 6.10 Å². The second kappa shape index (κ2) is 6.81. The van der Waals surface area contributed by atoms with E-state index in [-0.39, 0.29) is 0 Å². The summed E-state index contributed by atoms with van der Waals surface area (Å²) >= 11 is 1.56. The molecule has 0 bridgehead atoms.